The van der Waals surface area contributed by atoms with Crippen molar-refractivity contribution in [3.63, 3.8) is 0 Å². The van der Waals surface area contributed by atoms with Crippen molar-refractivity contribution in [2.45, 2.75) is 12.0 Å². The Morgan fingerprint density at radius 3 is 2.54 bits per heavy atom. The summed E-state index contributed by atoms with van der Waals surface area (Å²) in [6.07, 6.45) is 9.48. The topological polar surface area (TPSA) is 54.4 Å². The Morgan fingerprint density at radius 1 is 1.23 bits per heavy atom. The second-order valence-electron chi connectivity index (χ2n) is 2.77. The Hall–Kier alpha value is -1.48. The van der Waals surface area contributed by atoms with Crippen LogP contribution in [0.3, 0.4) is 0 Å². The zero-order valence-electron chi connectivity index (χ0n) is 7.01. The number of hydrogen-bond donors (Lipinski definition) is 1. The molecule has 0 bridgehead atoms. The lowest BCUT2D eigenvalue weighted by Crippen LogP contribution is -2.34. The minimum absolute atomic E-state index is 0.249. The van der Waals surface area contributed by atoms with Crippen LogP contribution in [0.15, 0.2) is 36.0 Å². The molecular weight excluding hydrogens is 168 g/mol. The molecule has 68 valence electrons. The maximum Gasteiger partial charge on any atom is 0.197 e. The van der Waals surface area contributed by atoms with E-state index in [1.165, 1.54) is 0 Å². The lowest BCUT2D eigenvalue weighted by molar-refractivity contribution is -0.131. The molecule has 0 spiro atoms. The van der Waals surface area contributed by atoms with E-state index in [0.29, 0.717) is 12.0 Å². The monoisotopic (exact) mass is 178 g/mol. The van der Waals surface area contributed by atoms with Gasteiger partial charge in [0.25, 0.3) is 0 Å². The molecular formula is C10H10O3. The van der Waals surface area contributed by atoms with E-state index in [4.69, 9.17) is 0 Å². The highest BCUT2D eigenvalue weighted by molar-refractivity contribution is 5.92. The summed E-state index contributed by atoms with van der Waals surface area (Å²) in [6.45, 7) is 0. The van der Waals surface area contributed by atoms with Gasteiger partial charge in [0, 0.05) is 0 Å². The second kappa shape index (κ2) is 3.96. The van der Waals surface area contributed by atoms with Crippen LogP contribution in [0.25, 0.3) is 0 Å². The van der Waals surface area contributed by atoms with Gasteiger partial charge in [0.2, 0.25) is 0 Å². The number of hydrogen-bond acceptors (Lipinski definition) is 3. The fourth-order valence-electron chi connectivity index (χ4n) is 1.05. The minimum atomic E-state index is -1.96. The average Bonchev–Trinajstić information content (AvgIpc) is 2.45. The summed E-state index contributed by atoms with van der Waals surface area (Å²) in [4.78, 5) is 21.0. The van der Waals surface area contributed by atoms with Gasteiger partial charge in [-0.1, -0.05) is 30.4 Å². The quantitative estimate of drug-likeness (QED) is 0.507. The lowest BCUT2D eigenvalue weighted by Gasteiger charge is -2.16. The molecule has 0 radical (unpaired) electrons. The molecule has 0 saturated heterocycles. The molecule has 0 fully saturated rings. The highest BCUT2D eigenvalue weighted by Crippen LogP contribution is 2.18. The predicted molar refractivity (Wildman–Crippen MR) is 48.1 cm³/mol. The van der Waals surface area contributed by atoms with E-state index in [-0.39, 0.29) is 12.6 Å². The fourth-order valence-corrected chi connectivity index (χ4v) is 1.05. The van der Waals surface area contributed by atoms with Crippen LogP contribution in [0.5, 0.6) is 0 Å². The smallest absolute Gasteiger partial charge is 0.197 e. The van der Waals surface area contributed by atoms with Crippen LogP contribution < -0.4 is 0 Å². The highest BCUT2D eigenvalue weighted by Gasteiger charge is 2.29. The summed E-state index contributed by atoms with van der Waals surface area (Å²) < 4.78 is 0. The van der Waals surface area contributed by atoms with Gasteiger partial charge < -0.3 is 5.11 Å². The number of carbonyl (C=O) groups excluding carboxylic acids is 2. The SMILES string of the molecule is O=CC(O)(C=O)C1=CC=CC=CC1. The van der Waals surface area contributed by atoms with Crippen LogP contribution in [0.1, 0.15) is 6.42 Å². The predicted octanol–water partition coefficient (Wildman–Crippen LogP) is 0.558. The normalized spacial score (nSPS) is 16.2. The van der Waals surface area contributed by atoms with Crippen molar-refractivity contribution < 1.29 is 14.7 Å². The Morgan fingerprint density at radius 2 is 1.92 bits per heavy atom. The first-order valence-corrected chi connectivity index (χ1v) is 3.91. The summed E-state index contributed by atoms with van der Waals surface area (Å²) in [5, 5.41) is 9.51. The molecule has 0 amide bonds. The Kier molecular flexibility index (Phi) is 2.93. The molecule has 1 aliphatic rings. The van der Waals surface area contributed by atoms with Crippen molar-refractivity contribution in [1.82, 2.24) is 0 Å². The van der Waals surface area contributed by atoms with Crippen molar-refractivity contribution in [3.05, 3.63) is 36.0 Å². The van der Waals surface area contributed by atoms with Gasteiger partial charge in [0.05, 0.1) is 0 Å². The van der Waals surface area contributed by atoms with Gasteiger partial charge in [-0.15, -0.1) is 0 Å². The second-order valence-corrected chi connectivity index (χ2v) is 2.77. The zero-order chi connectivity index (χ0) is 9.73. The van der Waals surface area contributed by atoms with Gasteiger partial charge >= 0.3 is 0 Å². The summed E-state index contributed by atoms with van der Waals surface area (Å²) in [7, 11) is 0. The molecule has 0 aromatic heterocycles. The van der Waals surface area contributed by atoms with Gasteiger partial charge in [-0.05, 0) is 12.0 Å². The molecule has 13 heavy (non-hydrogen) atoms. The zero-order valence-corrected chi connectivity index (χ0v) is 7.01. The van der Waals surface area contributed by atoms with E-state index < -0.39 is 5.60 Å². The standard InChI is InChI=1S/C10H10O3/c11-7-10(13,8-12)9-5-3-1-2-4-6-9/h1-5,7-8,13H,6H2. The third-order valence-corrected chi connectivity index (χ3v) is 1.87. The van der Waals surface area contributed by atoms with Crippen LogP contribution in [-0.4, -0.2) is 23.3 Å². The number of allylic oxidation sites excluding steroid dienone is 5. The van der Waals surface area contributed by atoms with Crippen LogP contribution in [0, 0.1) is 0 Å². The number of aldehydes is 2. The molecule has 1 rings (SSSR count). The summed E-state index contributed by atoms with van der Waals surface area (Å²) >= 11 is 0. The van der Waals surface area contributed by atoms with Crippen molar-refractivity contribution in [2.24, 2.45) is 0 Å². The number of aliphatic hydroxyl groups is 1. The van der Waals surface area contributed by atoms with Crippen LogP contribution in [0.4, 0.5) is 0 Å². The Balaban J connectivity index is 2.98. The lowest BCUT2D eigenvalue weighted by atomic mass is 9.94. The Bertz CT molecular complexity index is 289. The van der Waals surface area contributed by atoms with Gasteiger partial charge in [0.1, 0.15) is 0 Å². The molecule has 0 aromatic rings. The van der Waals surface area contributed by atoms with Crippen molar-refractivity contribution in [1.29, 1.82) is 0 Å². The largest absolute Gasteiger partial charge is 0.372 e. The molecule has 0 aromatic carbocycles. The van der Waals surface area contributed by atoms with Gasteiger partial charge in [-0.25, -0.2) is 0 Å². The maximum atomic E-state index is 10.5. The van der Waals surface area contributed by atoms with Gasteiger partial charge in [-0.2, -0.15) is 0 Å². The fraction of sp³-hybridized carbons (Fsp3) is 0.200. The van der Waals surface area contributed by atoms with Crippen LogP contribution in [-0.2, 0) is 9.59 Å². The van der Waals surface area contributed by atoms with E-state index in [0.717, 1.165) is 0 Å². The molecule has 0 unspecified atom stereocenters. The van der Waals surface area contributed by atoms with Crippen molar-refractivity contribution in [2.75, 3.05) is 0 Å². The van der Waals surface area contributed by atoms with Crippen molar-refractivity contribution in [3.8, 4) is 0 Å². The maximum absolute atomic E-state index is 10.5. The van der Waals surface area contributed by atoms with E-state index in [2.05, 4.69) is 0 Å². The summed E-state index contributed by atoms with van der Waals surface area (Å²) in [6, 6.07) is 0. The summed E-state index contributed by atoms with van der Waals surface area (Å²) in [5.74, 6) is 0. The number of rotatable bonds is 3. The molecule has 3 nitrogen and oxygen atoms in total. The highest BCUT2D eigenvalue weighted by atomic mass is 16.3. The molecule has 0 atom stereocenters. The first-order chi connectivity index (χ1) is 6.23. The number of carbonyl (C=O) groups is 2. The first kappa shape index (κ1) is 9.61. The molecule has 3 heteroatoms. The molecule has 0 saturated carbocycles. The van der Waals surface area contributed by atoms with Crippen LogP contribution >= 0.6 is 0 Å². The van der Waals surface area contributed by atoms with Crippen LogP contribution in [0.2, 0.25) is 0 Å². The third-order valence-electron chi connectivity index (χ3n) is 1.87. The molecule has 1 N–H and O–H groups in total. The summed E-state index contributed by atoms with van der Waals surface area (Å²) in [5.41, 5.74) is -1.57. The minimum Gasteiger partial charge on any atom is -0.372 e. The first-order valence-electron chi connectivity index (χ1n) is 3.91. The van der Waals surface area contributed by atoms with Gasteiger partial charge in [-0.3, -0.25) is 9.59 Å². The molecule has 1 aliphatic carbocycles. The van der Waals surface area contributed by atoms with Crippen molar-refractivity contribution >= 4 is 12.6 Å². The molecule has 0 heterocycles. The Labute approximate surface area is 76.1 Å². The van der Waals surface area contributed by atoms with E-state index >= 15 is 0 Å². The van der Waals surface area contributed by atoms with E-state index in [1.807, 2.05) is 0 Å². The van der Waals surface area contributed by atoms with E-state index in [1.54, 1.807) is 30.4 Å². The average molecular weight is 178 g/mol. The van der Waals surface area contributed by atoms with Gasteiger partial charge in [0.15, 0.2) is 18.2 Å². The van der Waals surface area contributed by atoms with E-state index in [9.17, 15) is 14.7 Å². The molecule has 0 aliphatic heterocycles. The third kappa shape index (κ3) is 2.00.